The summed E-state index contributed by atoms with van der Waals surface area (Å²) in [4.78, 5) is 0. The van der Waals surface area contributed by atoms with E-state index in [1.807, 2.05) is 0 Å². The van der Waals surface area contributed by atoms with Crippen molar-refractivity contribution in [3.8, 4) is 23.0 Å². The lowest BCUT2D eigenvalue weighted by Gasteiger charge is -2.10. The van der Waals surface area contributed by atoms with Gasteiger partial charge < -0.3 is 4.74 Å². The van der Waals surface area contributed by atoms with Crippen LogP contribution in [0.5, 0.6) is 0 Å². The van der Waals surface area contributed by atoms with Gasteiger partial charge in [-0.1, -0.05) is 17.9 Å². The Morgan fingerprint density at radius 2 is 1.34 bits per heavy atom. The van der Waals surface area contributed by atoms with Crippen LogP contribution in [-0.4, -0.2) is 13.7 Å². The van der Waals surface area contributed by atoms with Gasteiger partial charge in [0.15, 0.2) is 17.5 Å². The first-order valence-corrected chi connectivity index (χ1v) is 10.2. The summed E-state index contributed by atoms with van der Waals surface area (Å²) in [6.45, 7) is 0.243. The number of methoxy groups -OCH3 is 1. The maximum atomic E-state index is 14.7. The topological polar surface area (TPSA) is 9.23 Å². The SMILES string of the molecule is COCCc1cc(F)c(-c2cc(F)c(C#Cc3ccc4c(F)c(F)c(F)cc4c3)c(F)c2)c(F)c1. The van der Waals surface area contributed by atoms with E-state index in [9.17, 15) is 30.7 Å². The van der Waals surface area contributed by atoms with Gasteiger partial charge in [-0.05, 0) is 65.4 Å². The number of halogens is 7. The van der Waals surface area contributed by atoms with Crippen molar-refractivity contribution in [2.24, 2.45) is 0 Å². The fourth-order valence-corrected chi connectivity index (χ4v) is 3.62. The number of hydrogen-bond acceptors (Lipinski definition) is 1. The van der Waals surface area contributed by atoms with Crippen LogP contribution in [0.15, 0.2) is 48.5 Å². The average molecular weight is 488 g/mol. The zero-order valence-corrected chi connectivity index (χ0v) is 18.1. The lowest BCUT2D eigenvalue weighted by Crippen LogP contribution is -2.00. The molecule has 0 unspecified atom stereocenters. The van der Waals surface area contributed by atoms with E-state index in [4.69, 9.17) is 4.74 Å². The van der Waals surface area contributed by atoms with Crippen molar-refractivity contribution in [2.75, 3.05) is 13.7 Å². The quantitative estimate of drug-likeness (QED) is 0.170. The van der Waals surface area contributed by atoms with Crippen LogP contribution in [0.3, 0.4) is 0 Å². The molecule has 0 aromatic heterocycles. The van der Waals surface area contributed by atoms with E-state index in [1.54, 1.807) is 0 Å². The number of hydrogen-bond donors (Lipinski definition) is 0. The van der Waals surface area contributed by atoms with Crippen LogP contribution in [0.4, 0.5) is 30.7 Å². The number of benzene rings is 4. The summed E-state index contributed by atoms with van der Waals surface area (Å²) in [5.74, 6) is -3.90. The zero-order valence-electron chi connectivity index (χ0n) is 18.1. The van der Waals surface area contributed by atoms with Crippen molar-refractivity contribution >= 4 is 10.8 Å². The monoisotopic (exact) mass is 488 g/mol. The first-order chi connectivity index (χ1) is 16.7. The van der Waals surface area contributed by atoms with Gasteiger partial charge in [0, 0.05) is 18.1 Å². The number of fused-ring (bicyclic) bond motifs is 1. The molecule has 0 saturated carbocycles. The van der Waals surface area contributed by atoms with Gasteiger partial charge in [0.25, 0.3) is 0 Å². The van der Waals surface area contributed by atoms with Gasteiger partial charge in [0.1, 0.15) is 23.3 Å². The third kappa shape index (κ3) is 4.86. The van der Waals surface area contributed by atoms with Crippen molar-refractivity contribution in [2.45, 2.75) is 6.42 Å². The molecule has 0 N–H and O–H groups in total. The minimum Gasteiger partial charge on any atom is -0.384 e. The van der Waals surface area contributed by atoms with Crippen LogP contribution in [0.25, 0.3) is 21.9 Å². The second kappa shape index (κ2) is 9.80. The first-order valence-electron chi connectivity index (χ1n) is 10.2. The van der Waals surface area contributed by atoms with Gasteiger partial charge in [-0.3, -0.25) is 0 Å². The fraction of sp³-hybridized carbons (Fsp3) is 0.111. The molecule has 0 radical (unpaired) electrons. The molecule has 178 valence electrons. The number of rotatable bonds is 4. The van der Waals surface area contributed by atoms with Crippen molar-refractivity contribution < 1.29 is 35.5 Å². The third-order valence-electron chi connectivity index (χ3n) is 5.33. The molecule has 4 aromatic carbocycles. The molecule has 1 nitrogen and oxygen atoms in total. The zero-order chi connectivity index (χ0) is 25.3. The highest BCUT2D eigenvalue weighted by atomic mass is 19.2. The molecule has 0 atom stereocenters. The largest absolute Gasteiger partial charge is 0.384 e. The smallest absolute Gasteiger partial charge is 0.195 e. The van der Waals surface area contributed by atoms with E-state index in [2.05, 4.69) is 11.8 Å². The van der Waals surface area contributed by atoms with Gasteiger partial charge in [0.2, 0.25) is 0 Å². The highest BCUT2D eigenvalue weighted by Crippen LogP contribution is 2.30. The Labute approximate surface area is 195 Å². The van der Waals surface area contributed by atoms with Gasteiger partial charge in [0.05, 0.1) is 17.7 Å². The molecular weight excluding hydrogens is 473 g/mol. The van der Waals surface area contributed by atoms with Crippen molar-refractivity contribution in [1.82, 2.24) is 0 Å². The van der Waals surface area contributed by atoms with Crippen LogP contribution in [0, 0.1) is 52.6 Å². The Morgan fingerprint density at radius 3 is 1.97 bits per heavy atom. The fourth-order valence-electron chi connectivity index (χ4n) is 3.62. The maximum absolute atomic E-state index is 14.7. The summed E-state index contributed by atoms with van der Waals surface area (Å²) in [5, 5.41) is -0.183. The predicted molar refractivity (Wildman–Crippen MR) is 117 cm³/mol. The summed E-state index contributed by atoms with van der Waals surface area (Å²) in [6.07, 6.45) is 0.255. The number of ether oxygens (including phenoxy) is 1. The van der Waals surface area contributed by atoms with Crippen LogP contribution >= 0.6 is 0 Å². The molecular formula is C27H15F7O. The van der Waals surface area contributed by atoms with Crippen molar-refractivity contribution in [3.05, 3.63) is 106 Å². The summed E-state index contributed by atoms with van der Waals surface area (Å²) < 4.78 is 104. The molecule has 8 heteroatoms. The highest BCUT2D eigenvalue weighted by molar-refractivity contribution is 5.84. The first kappa shape index (κ1) is 24.3. The van der Waals surface area contributed by atoms with E-state index in [0.717, 1.165) is 36.4 Å². The van der Waals surface area contributed by atoms with E-state index in [0.29, 0.717) is 5.56 Å². The van der Waals surface area contributed by atoms with Crippen molar-refractivity contribution in [3.63, 3.8) is 0 Å². The Hall–Kier alpha value is -3.83. The minimum atomic E-state index is -1.61. The van der Waals surface area contributed by atoms with E-state index in [1.165, 1.54) is 19.2 Å². The molecule has 0 amide bonds. The van der Waals surface area contributed by atoms with Crippen LogP contribution in [-0.2, 0) is 11.2 Å². The normalized spacial score (nSPS) is 11.0. The van der Waals surface area contributed by atoms with Crippen molar-refractivity contribution in [1.29, 1.82) is 0 Å². The lowest BCUT2D eigenvalue weighted by molar-refractivity contribution is 0.202. The lowest BCUT2D eigenvalue weighted by atomic mass is 9.99. The second-order valence-electron chi connectivity index (χ2n) is 7.66. The maximum Gasteiger partial charge on any atom is 0.195 e. The second-order valence-corrected chi connectivity index (χ2v) is 7.66. The highest BCUT2D eigenvalue weighted by Gasteiger charge is 2.18. The molecule has 0 spiro atoms. The van der Waals surface area contributed by atoms with Gasteiger partial charge in [-0.15, -0.1) is 0 Å². The Balaban J connectivity index is 1.69. The third-order valence-corrected chi connectivity index (χ3v) is 5.33. The van der Waals surface area contributed by atoms with Crippen LogP contribution < -0.4 is 0 Å². The summed E-state index contributed by atoms with van der Waals surface area (Å²) in [5.41, 5.74) is -1.13. The van der Waals surface area contributed by atoms with E-state index < -0.39 is 51.8 Å². The molecule has 0 aliphatic heterocycles. The molecule has 0 fully saturated rings. The summed E-state index contributed by atoms with van der Waals surface area (Å²) >= 11 is 0. The molecule has 0 aliphatic rings. The molecule has 0 saturated heterocycles. The molecule has 0 aliphatic carbocycles. The molecule has 35 heavy (non-hydrogen) atoms. The Kier molecular flexibility index (Phi) is 6.81. The summed E-state index contributed by atoms with van der Waals surface area (Å²) in [6, 6.07) is 8.10. The van der Waals surface area contributed by atoms with E-state index >= 15 is 0 Å². The average Bonchev–Trinajstić information content (AvgIpc) is 2.80. The molecule has 4 aromatic rings. The van der Waals surface area contributed by atoms with Gasteiger partial charge in [-0.25, -0.2) is 30.7 Å². The minimum absolute atomic E-state index is 0.00406. The van der Waals surface area contributed by atoms with E-state index in [-0.39, 0.29) is 34.9 Å². The van der Waals surface area contributed by atoms with Gasteiger partial charge >= 0.3 is 0 Å². The Bertz CT molecular complexity index is 1470. The van der Waals surface area contributed by atoms with Crippen LogP contribution in [0.2, 0.25) is 0 Å². The molecule has 0 heterocycles. The van der Waals surface area contributed by atoms with Crippen LogP contribution in [0.1, 0.15) is 16.7 Å². The molecule has 4 rings (SSSR count). The molecule has 0 bridgehead atoms. The Morgan fingerprint density at radius 1 is 0.686 bits per heavy atom. The summed E-state index contributed by atoms with van der Waals surface area (Å²) in [7, 11) is 1.44. The standard InChI is InChI=1S/C27H15F7O/c1-35-7-6-15-9-22(30)25(23(31)10-15)17-12-20(28)19(21(29)13-17)5-3-14-2-4-18-16(8-14)11-24(32)27(34)26(18)33/h2,4,8-13H,6-7H2,1H3. The predicted octanol–water partition coefficient (Wildman–Crippen LogP) is 7.07. The van der Waals surface area contributed by atoms with Gasteiger partial charge in [-0.2, -0.15) is 0 Å².